The van der Waals surface area contributed by atoms with E-state index in [1.165, 1.54) is 0 Å². The monoisotopic (exact) mass is 344 g/mol. The molecule has 0 amide bonds. The second kappa shape index (κ2) is 8.23. The van der Waals surface area contributed by atoms with Crippen LogP contribution in [-0.2, 0) is 4.79 Å². The molecule has 4 unspecified atom stereocenters. The lowest BCUT2D eigenvalue weighted by molar-refractivity contribution is -0.127. The van der Waals surface area contributed by atoms with Crippen LogP contribution in [0.5, 0.6) is 0 Å². The number of benzene rings is 1. The maximum absolute atomic E-state index is 12.8. The predicted molar refractivity (Wildman–Crippen MR) is 103 cm³/mol. The maximum Gasteiger partial charge on any atom is 0.143 e. The molecule has 1 fully saturated rings. The molecule has 0 aromatic heterocycles. The predicted octanol–water partition coefficient (Wildman–Crippen LogP) is 4.24. The fraction of sp³-hybridized carbons (Fsp3) is 0.571. The van der Waals surface area contributed by atoms with Gasteiger partial charge in [-0.3, -0.25) is 4.79 Å². The summed E-state index contributed by atoms with van der Waals surface area (Å²) in [5.74, 6) is 6.10. The minimum Gasteiger partial charge on any atom is -0.392 e. The van der Waals surface area contributed by atoms with Gasteiger partial charge in [0.2, 0.25) is 0 Å². The van der Waals surface area contributed by atoms with Crippen molar-refractivity contribution in [3.8, 4) is 11.8 Å². The summed E-state index contributed by atoms with van der Waals surface area (Å²) in [6.45, 7) is 8.05. The average Bonchev–Trinajstić information content (AvgIpc) is 2.49. The van der Waals surface area contributed by atoms with E-state index in [1.807, 2.05) is 44.7 Å². The van der Waals surface area contributed by atoms with Gasteiger partial charge in [-0.25, -0.2) is 0 Å². The highest BCUT2D eigenvalue weighted by atomic mass is 32.2. The summed E-state index contributed by atoms with van der Waals surface area (Å²) in [4.78, 5) is 12.8. The van der Waals surface area contributed by atoms with Gasteiger partial charge < -0.3 is 5.11 Å². The first-order valence-corrected chi connectivity index (χ1v) is 9.93. The van der Waals surface area contributed by atoms with Gasteiger partial charge in [-0.05, 0) is 74.6 Å². The summed E-state index contributed by atoms with van der Waals surface area (Å²) >= 11 is 1.82. The van der Waals surface area contributed by atoms with Crippen molar-refractivity contribution in [2.24, 2.45) is 5.92 Å². The summed E-state index contributed by atoms with van der Waals surface area (Å²) < 4.78 is 0. The number of aliphatic hydroxyl groups excluding tert-OH is 1. The van der Waals surface area contributed by atoms with Crippen LogP contribution in [0.15, 0.2) is 12.1 Å². The Hall–Kier alpha value is -1.24. The fourth-order valence-electron chi connectivity index (χ4n) is 3.97. The Morgan fingerprint density at radius 2 is 1.96 bits per heavy atom. The Balaban J connectivity index is 2.27. The number of aliphatic hydroxyl groups is 1. The van der Waals surface area contributed by atoms with Crippen LogP contribution < -0.4 is 0 Å². The molecular weight excluding hydrogens is 316 g/mol. The Morgan fingerprint density at radius 3 is 2.46 bits per heavy atom. The van der Waals surface area contributed by atoms with Crippen LogP contribution in [0.25, 0.3) is 0 Å². The van der Waals surface area contributed by atoms with Crippen LogP contribution in [0.4, 0.5) is 0 Å². The lowest BCUT2D eigenvalue weighted by Crippen LogP contribution is -2.36. The standard InChI is InChI=1S/C21H28O2S/c1-6-7-16-8-13(2)20(14(3)9-16)21-18(22)11-17(12-19(21)23)10-15(4)24-5/h8-9,15,17-18,21-22H,10-12H2,1-5H3. The number of ketones is 1. The van der Waals surface area contributed by atoms with Gasteiger partial charge in [-0.2, -0.15) is 11.8 Å². The van der Waals surface area contributed by atoms with Crippen molar-refractivity contribution in [2.75, 3.05) is 6.26 Å². The first kappa shape index (κ1) is 19.1. The molecule has 2 rings (SSSR count). The van der Waals surface area contributed by atoms with Gasteiger partial charge >= 0.3 is 0 Å². The number of Topliss-reactive ketones (excluding diaryl/α,β-unsaturated/α-hetero) is 1. The Labute approximate surface area is 150 Å². The van der Waals surface area contributed by atoms with Crippen molar-refractivity contribution in [3.05, 3.63) is 34.4 Å². The van der Waals surface area contributed by atoms with E-state index in [1.54, 1.807) is 0 Å². The van der Waals surface area contributed by atoms with Gasteiger partial charge in [0.05, 0.1) is 12.0 Å². The minimum absolute atomic E-state index is 0.188. The Bertz CT molecular complexity index is 645. The van der Waals surface area contributed by atoms with Crippen LogP contribution in [-0.4, -0.2) is 28.5 Å². The second-order valence-corrected chi connectivity index (χ2v) is 8.27. The molecule has 4 atom stereocenters. The lowest BCUT2D eigenvalue weighted by Gasteiger charge is -2.34. The van der Waals surface area contributed by atoms with Gasteiger partial charge in [0, 0.05) is 17.2 Å². The van der Waals surface area contributed by atoms with Crippen molar-refractivity contribution >= 4 is 17.5 Å². The van der Waals surface area contributed by atoms with Crippen LogP contribution >= 0.6 is 11.8 Å². The van der Waals surface area contributed by atoms with Crippen LogP contribution in [0.1, 0.15) is 61.3 Å². The molecule has 0 radical (unpaired) electrons. The van der Waals surface area contributed by atoms with Crippen molar-refractivity contribution in [2.45, 2.75) is 64.2 Å². The molecule has 0 saturated heterocycles. The van der Waals surface area contributed by atoms with Crippen molar-refractivity contribution in [1.82, 2.24) is 0 Å². The molecule has 24 heavy (non-hydrogen) atoms. The van der Waals surface area contributed by atoms with E-state index < -0.39 is 6.10 Å². The molecule has 1 aromatic carbocycles. The molecule has 1 aliphatic rings. The number of hydrogen-bond donors (Lipinski definition) is 1. The largest absolute Gasteiger partial charge is 0.392 e. The molecule has 130 valence electrons. The summed E-state index contributed by atoms with van der Waals surface area (Å²) in [5.41, 5.74) is 4.09. The molecule has 0 spiro atoms. The number of aryl methyl sites for hydroxylation is 2. The zero-order valence-electron chi connectivity index (χ0n) is 15.3. The molecule has 3 heteroatoms. The number of thioether (sulfide) groups is 1. The van der Waals surface area contributed by atoms with Gasteiger partial charge in [-0.15, -0.1) is 5.92 Å². The zero-order chi connectivity index (χ0) is 17.9. The lowest BCUT2D eigenvalue weighted by atomic mass is 9.72. The van der Waals surface area contributed by atoms with Crippen molar-refractivity contribution in [3.63, 3.8) is 0 Å². The maximum atomic E-state index is 12.8. The summed E-state index contributed by atoms with van der Waals surface area (Å²) in [6, 6.07) is 4.06. The highest BCUT2D eigenvalue weighted by Crippen LogP contribution is 2.39. The number of carbonyl (C=O) groups excluding carboxylic acids is 1. The van der Waals surface area contributed by atoms with E-state index in [-0.39, 0.29) is 11.7 Å². The van der Waals surface area contributed by atoms with Gasteiger partial charge in [-0.1, -0.05) is 12.8 Å². The molecule has 1 saturated carbocycles. The quantitative estimate of drug-likeness (QED) is 0.830. The highest BCUT2D eigenvalue weighted by molar-refractivity contribution is 7.99. The van der Waals surface area contributed by atoms with E-state index in [2.05, 4.69) is 25.0 Å². The van der Waals surface area contributed by atoms with Gasteiger partial charge in [0.25, 0.3) is 0 Å². The summed E-state index contributed by atoms with van der Waals surface area (Å²) in [6.07, 6.45) is 3.83. The van der Waals surface area contributed by atoms with E-state index in [0.717, 1.165) is 35.1 Å². The summed E-state index contributed by atoms with van der Waals surface area (Å²) in [7, 11) is 0. The first-order valence-electron chi connectivity index (χ1n) is 8.64. The smallest absolute Gasteiger partial charge is 0.143 e. The SMILES string of the molecule is CC#Cc1cc(C)c(C2C(=O)CC(CC(C)SC)CC2O)c(C)c1. The zero-order valence-corrected chi connectivity index (χ0v) is 16.2. The molecule has 0 bridgehead atoms. The minimum atomic E-state index is -0.578. The van der Waals surface area contributed by atoms with E-state index in [0.29, 0.717) is 17.6 Å². The van der Waals surface area contributed by atoms with Crippen LogP contribution in [0.3, 0.4) is 0 Å². The normalized spacial score (nSPS) is 25.1. The van der Waals surface area contributed by atoms with Gasteiger partial charge in [0.1, 0.15) is 5.78 Å². The molecule has 0 heterocycles. The van der Waals surface area contributed by atoms with Crippen LogP contribution in [0, 0.1) is 31.6 Å². The first-order chi connectivity index (χ1) is 11.4. The number of hydrogen-bond acceptors (Lipinski definition) is 3. The molecule has 1 N–H and O–H groups in total. The van der Waals surface area contributed by atoms with Crippen molar-refractivity contribution < 1.29 is 9.90 Å². The highest BCUT2D eigenvalue weighted by Gasteiger charge is 2.38. The third-order valence-corrected chi connectivity index (χ3v) is 6.04. The molecular formula is C21H28O2S. The Kier molecular flexibility index (Phi) is 6.54. The van der Waals surface area contributed by atoms with E-state index in [9.17, 15) is 9.90 Å². The Morgan fingerprint density at radius 1 is 1.33 bits per heavy atom. The number of carbonyl (C=O) groups is 1. The topological polar surface area (TPSA) is 37.3 Å². The third-order valence-electron chi connectivity index (χ3n) is 5.04. The number of rotatable bonds is 4. The van der Waals surface area contributed by atoms with Gasteiger partial charge in [0.15, 0.2) is 0 Å². The third kappa shape index (κ3) is 4.23. The summed E-state index contributed by atoms with van der Waals surface area (Å²) in [5, 5.41) is 11.2. The van der Waals surface area contributed by atoms with E-state index in [4.69, 9.17) is 0 Å². The molecule has 1 aromatic rings. The molecule has 2 nitrogen and oxygen atoms in total. The molecule has 0 aliphatic heterocycles. The second-order valence-electron chi connectivity index (χ2n) is 7.00. The van der Waals surface area contributed by atoms with Crippen molar-refractivity contribution in [1.29, 1.82) is 0 Å². The average molecular weight is 345 g/mol. The fourth-order valence-corrected chi connectivity index (χ4v) is 4.43. The van der Waals surface area contributed by atoms with Crippen LogP contribution in [0.2, 0.25) is 0 Å². The molecule has 1 aliphatic carbocycles. The van der Waals surface area contributed by atoms with E-state index >= 15 is 0 Å².